The molecule has 1 aliphatic rings. The van der Waals surface area contributed by atoms with Gasteiger partial charge in [0.2, 0.25) is 5.91 Å². The van der Waals surface area contributed by atoms with Gasteiger partial charge in [0, 0.05) is 36.8 Å². The molecular weight excluding hydrogens is 455 g/mol. The van der Waals surface area contributed by atoms with Crippen LogP contribution in [0.15, 0.2) is 36.4 Å². The molecule has 32 heavy (non-hydrogen) atoms. The maximum atomic E-state index is 12.2. The molecule has 2 aromatic rings. The quantitative estimate of drug-likeness (QED) is 0.195. The second kappa shape index (κ2) is 11.0. The predicted octanol–water partition coefficient (Wildman–Crippen LogP) is 2.26. The molecule has 0 radical (unpaired) electrons. The minimum atomic E-state index is -0.401. The summed E-state index contributed by atoms with van der Waals surface area (Å²) in [6.45, 7) is 1.11. The van der Waals surface area contributed by atoms with Gasteiger partial charge < -0.3 is 31.7 Å². The number of hydrogen-bond donors (Lipinski definition) is 6. The fourth-order valence-electron chi connectivity index (χ4n) is 3.30. The number of fused-ring (bicyclic) bond motifs is 1. The van der Waals surface area contributed by atoms with E-state index in [2.05, 4.69) is 21.3 Å². The largest absolute Gasteiger partial charge is 0.493 e. The summed E-state index contributed by atoms with van der Waals surface area (Å²) in [5.74, 6) is -0.0403. The van der Waals surface area contributed by atoms with Gasteiger partial charge in [-0.25, -0.2) is 0 Å². The van der Waals surface area contributed by atoms with Crippen molar-refractivity contribution in [3.8, 4) is 5.75 Å². The second-order valence-electron chi connectivity index (χ2n) is 7.06. The Hall–Kier alpha value is -3.01. The fraction of sp³-hybridized carbons (Fsp3) is 0.286. The lowest BCUT2D eigenvalue weighted by molar-refractivity contribution is -0.120. The van der Waals surface area contributed by atoms with Gasteiger partial charge in [0.25, 0.3) is 5.91 Å². The number of anilines is 1. The SMILES string of the molecule is N=C(N)Nc1ccc2c(c1)[C@H](NCC(=O)NCCNC(=O)c1c(Cl)cccc1Cl)CCO2. The van der Waals surface area contributed by atoms with Gasteiger partial charge in [-0.1, -0.05) is 29.3 Å². The Morgan fingerprint density at radius 2 is 1.84 bits per heavy atom. The lowest BCUT2D eigenvalue weighted by atomic mass is 10.00. The summed E-state index contributed by atoms with van der Waals surface area (Å²) < 4.78 is 5.66. The summed E-state index contributed by atoms with van der Waals surface area (Å²) in [5.41, 5.74) is 7.16. The molecule has 1 atom stereocenters. The number of hydrogen-bond acceptors (Lipinski definition) is 5. The number of rotatable bonds is 8. The van der Waals surface area contributed by atoms with Crippen LogP contribution in [0.4, 0.5) is 5.69 Å². The number of nitrogens with two attached hydrogens (primary N) is 1. The third kappa shape index (κ3) is 6.25. The van der Waals surface area contributed by atoms with Gasteiger partial charge in [-0.05, 0) is 30.3 Å². The van der Waals surface area contributed by atoms with Crippen LogP contribution in [-0.2, 0) is 4.79 Å². The van der Waals surface area contributed by atoms with Crippen molar-refractivity contribution in [3.05, 3.63) is 57.6 Å². The maximum Gasteiger partial charge on any atom is 0.254 e. The Balaban J connectivity index is 1.45. The Morgan fingerprint density at radius 3 is 2.56 bits per heavy atom. The molecular formula is C21H24Cl2N6O3. The van der Waals surface area contributed by atoms with Crippen LogP contribution in [0.25, 0.3) is 0 Å². The zero-order valence-corrected chi connectivity index (χ0v) is 18.6. The van der Waals surface area contributed by atoms with E-state index in [-0.39, 0.29) is 53.2 Å². The summed E-state index contributed by atoms with van der Waals surface area (Å²) in [6, 6.07) is 10.2. The highest BCUT2D eigenvalue weighted by atomic mass is 35.5. The standard InChI is InChI=1S/C21H24Cl2N6O3/c22-14-2-1-3-15(23)19(14)20(31)27-8-7-26-18(30)11-28-16-6-9-32-17-5-4-12(10-13(16)17)29-21(24)25/h1-5,10,16,28H,6-9,11H2,(H,26,30)(H,27,31)(H4,24,25,29)/t16-/m1/s1. The Bertz CT molecular complexity index is 997. The Morgan fingerprint density at radius 1 is 1.12 bits per heavy atom. The molecule has 0 aliphatic carbocycles. The molecule has 2 aromatic carbocycles. The average Bonchev–Trinajstić information content (AvgIpc) is 2.74. The number of halogens is 2. The lowest BCUT2D eigenvalue weighted by Gasteiger charge is -2.27. The van der Waals surface area contributed by atoms with Crippen molar-refractivity contribution in [1.29, 1.82) is 5.41 Å². The number of benzene rings is 2. The number of guanidine groups is 1. The van der Waals surface area contributed by atoms with Crippen LogP contribution in [0.2, 0.25) is 10.0 Å². The van der Waals surface area contributed by atoms with Crippen molar-refractivity contribution in [2.45, 2.75) is 12.5 Å². The van der Waals surface area contributed by atoms with Gasteiger partial charge in [0.1, 0.15) is 5.75 Å². The highest BCUT2D eigenvalue weighted by molar-refractivity contribution is 6.39. The first kappa shape index (κ1) is 23.6. The molecule has 170 valence electrons. The molecule has 0 saturated heterocycles. The zero-order chi connectivity index (χ0) is 23.1. The molecule has 0 fully saturated rings. The van der Waals surface area contributed by atoms with E-state index in [4.69, 9.17) is 39.1 Å². The number of ether oxygens (including phenoxy) is 1. The molecule has 0 saturated carbocycles. The van der Waals surface area contributed by atoms with Crippen LogP contribution >= 0.6 is 23.2 Å². The monoisotopic (exact) mass is 478 g/mol. The summed E-state index contributed by atoms with van der Waals surface area (Å²) in [6.07, 6.45) is 0.693. The molecule has 0 bridgehead atoms. The van der Waals surface area contributed by atoms with Crippen LogP contribution in [0.1, 0.15) is 28.4 Å². The molecule has 2 amide bonds. The third-order valence-electron chi connectivity index (χ3n) is 4.76. The molecule has 9 nitrogen and oxygen atoms in total. The Labute approximate surface area is 195 Å². The van der Waals surface area contributed by atoms with Crippen LogP contribution in [0, 0.1) is 5.41 Å². The number of carbonyl (C=O) groups is 2. The van der Waals surface area contributed by atoms with E-state index in [0.29, 0.717) is 18.7 Å². The molecule has 0 aromatic heterocycles. The van der Waals surface area contributed by atoms with E-state index >= 15 is 0 Å². The van der Waals surface area contributed by atoms with Gasteiger partial charge >= 0.3 is 0 Å². The summed E-state index contributed by atoms with van der Waals surface area (Å²) in [7, 11) is 0. The first-order valence-corrected chi connectivity index (χ1v) is 10.7. The summed E-state index contributed by atoms with van der Waals surface area (Å²) >= 11 is 12.0. The van der Waals surface area contributed by atoms with E-state index in [9.17, 15) is 9.59 Å². The van der Waals surface area contributed by atoms with Crippen molar-refractivity contribution in [2.24, 2.45) is 5.73 Å². The average molecular weight is 479 g/mol. The van der Waals surface area contributed by atoms with E-state index < -0.39 is 5.91 Å². The predicted molar refractivity (Wildman–Crippen MR) is 125 cm³/mol. The van der Waals surface area contributed by atoms with Crippen molar-refractivity contribution >= 4 is 46.7 Å². The van der Waals surface area contributed by atoms with Crippen LogP contribution < -0.4 is 31.7 Å². The number of nitrogens with one attached hydrogen (secondary N) is 5. The topological polar surface area (TPSA) is 141 Å². The van der Waals surface area contributed by atoms with E-state index in [1.165, 1.54) is 0 Å². The number of carbonyl (C=O) groups excluding carboxylic acids is 2. The van der Waals surface area contributed by atoms with Crippen molar-refractivity contribution in [3.63, 3.8) is 0 Å². The minimum Gasteiger partial charge on any atom is -0.493 e. The first-order chi connectivity index (χ1) is 15.3. The van der Waals surface area contributed by atoms with Crippen LogP contribution in [0.5, 0.6) is 5.75 Å². The molecule has 3 rings (SSSR count). The van der Waals surface area contributed by atoms with E-state index in [0.717, 1.165) is 11.3 Å². The van der Waals surface area contributed by atoms with Gasteiger partial charge in [-0.2, -0.15) is 0 Å². The van der Waals surface area contributed by atoms with Gasteiger partial charge in [0.05, 0.1) is 28.8 Å². The molecule has 1 heterocycles. The van der Waals surface area contributed by atoms with Crippen LogP contribution in [-0.4, -0.2) is 44.0 Å². The third-order valence-corrected chi connectivity index (χ3v) is 5.39. The zero-order valence-electron chi connectivity index (χ0n) is 17.1. The van der Waals surface area contributed by atoms with Crippen molar-refractivity contribution in [2.75, 3.05) is 31.6 Å². The summed E-state index contributed by atoms with van der Waals surface area (Å²) in [4.78, 5) is 24.4. The maximum absolute atomic E-state index is 12.2. The van der Waals surface area contributed by atoms with E-state index in [1.54, 1.807) is 24.3 Å². The summed E-state index contributed by atoms with van der Waals surface area (Å²) in [5, 5.41) is 19.3. The highest BCUT2D eigenvalue weighted by Gasteiger charge is 2.22. The normalized spacial score (nSPS) is 14.6. The van der Waals surface area contributed by atoms with Crippen LogP contribution in [0.3, 0.4) is 0 Å². The van der Waals surface area contributed by atoms with E-state index in [1.807, 2.05) is 12.1 Å². The lowest BCUT2D eigenvalue weighted by Crippen LogP contribution is -2.40. The van der Waals surface area contributed by atoms with Gasteiger partial charge in [-0.3, -0.25) is 15.0 Å². The molecule has 7 N–H and O–H groups in total. The molecule has 11 heteroatoms. The smallest absolute Gasteiger partial charge is 0.254 e. The van der Waals surface area contributed by atoms with Gasteiger partial charge in [0.15, 0.2) is 5.96 Å². The highest BCUT2D eigenvalue weighted by Crippen LogP contribution is 2.34. The van der Waals surface area contributed by atoms with Crippen molar-refractivity contribution in [1.82, 2.24) is 16.0 Å². The fourth-order valence-corrected chi connectivity index (χ4v) is 3.87. The molecule has 1 aliphatic heterocycles. The number of amides is 2. The first-order valence-electron chi connectivity index (χ1n) is 9.95. The minimum absolute atomic E-state index is 0.0831. The van der Waals surface area contributed by atoms with Gasteiger partial charge in [-0.15, -0.1) is 0 Å². The molecule has 0 spiro atoms. The van der Waals surface area contributed by atoms with Crippen molar-refractivity contribution < 1.29 is 14.3 Å². The Kier molecular flexibility index (Phi) is 8.15. The second-order valence-corrected chi connectivity index (χ2v) is 7.88. The molecule has 0 unspecified atom stereocenters.